The maximum absolute atomic E-state index is 12.8. The maximum Gasteiger partial charge on any atom is 0.254 e. The number of amides is 1. The monoisotopic (exact) mass is 398 g/mol. The average Bonchev–Trinajstić information content (AvgIpc) is 2.62. The summed E-state index contributed by atoms with van der Waals surface area (Å²) in [5.41, 5.74) is 3.20. The average molecular weight is 398 g/mol. The smallest absolute Gasteiger partial charge is 0.254 e. The van der Waals surface area contributed by atoms with Crippen molar-refractivity contribution in [3.05, 3.63) is 65.1 Å². The Morgan fingerprint density at radius 1 is 1.11 bits per heavy atom. The van der Waals surface area contributed by atoms with E-state index < -0.39 is 10.0 Å². The van der Waals surface area contributed by atoms with Crippen molar-refractivity contribution in [2.45, 2.75) is 20.4 Å². The van der Waals surface area contributed by atoms with Crippen molar-refractivity contribution < 1.29 is 13.2 Å². The third-order valence-corrected chi connectivity index (χ3v) is 4.94. The highest BCUT2D eigenvalue weighted by Gasteiger charge is 2.16. The normalized spacial score (nSPS) is 11.4. The van der Waals surface area contributed by atoms with E-state index in [9.17, 15) is 13.2 Å². The van der Waals surface area contributed by atoms with E-state index in [1.54, 1.807) is 32.2 Å². The topological polar surface area (TPSA) is 92.3 Å². The Labute approximate surface area is 164 Å². The van der Waals surface area contributed by atoms with Crippen LogP contribution < -0.4 is 4.72 Å². The lowest BCUT2D eigenvalue weighted by molar-refractivity contribution is 0.0781. The number of nitrogens with zero attached hydrogens (tertiary/aromatic N) is 3. The minimum atomic E-state index is -3.43. The Morgan fingerprint density at radius 3 is 2.54 bits per heavy atom. The molecule has 2 aromatic carbocycles. The summed E-state index contributed by atoms with van der Waals surface area (Å²) < 4.78 is 25.5. The molecule has 0 bridgehead atoms. The van der Waals surface area contributed by atoms with E-state index in [1.807, 2.05) is 31.2 Å². The molecule has 8 heteroatoms. The number of fused-ring (bicyclic) bond motifs is 1. The number of nitrogens with one attached hydrogen (secondary N) is 1. The van der Waals surface area contributed by atoms with Crippen LogP contribution in [-0.2, 0) is 16.6 Å². The van der Waals surface area contributed by atoms with Crippen LogP contribution in [-0.4, -0.2) is 42.5 Å². The molecule has 0 atom stereocenters. The number of aromatic nitrogens is 2. The van der Waals surface area contributed by atoms with E-state index in [-0.39, 0.29) is 12.5 Å². The van der Waals surface area contributed by atoms with Gasteiger partial charge in [0.1, 0.15) is 5.82 Å². The molecule has 1 amide bonds. The van der Waals surface area contributed by atoms with Crippen LogP contribution in [0.3, 0.4) is 0 Å². The fraction of sp³-hybridized carbons (Fsp3) is 0.250. The third kappa shape index (κ3) is 4.45. The number of carbonyl (C=O) groups excluding carboxylic acids is 1. The van der Waals surface area contributed by atoms with Gasteiger partial charge in [0.05, 0.1) is 24.0 Å². The second kappa shape index (κ2) is 7.55. The van der Waals surface area contributed by atoms with Crippen LogP contribution in [0, 0.1) is 13.8 Å². The maximum atomic E-state index is 12.8. The van der Waals surface area contributed by atoms with Gasteiger partial charge in [-0.05, 0) is 37.6 Å². The van der Waals surface area contributed by atoms with Crippen LogP contribution >= 0.6 is 0 Å². The van der Waals surface area contributed by atoms with Crippen LogP contribution in [0.2, 0.25) is 0 Å². The molecule has 1 aromatic heterocycles. The number of aryl methyl sites for hydroxylation is 2. The first-order chi connectivity index (χ1) is 13.1. The van der Waals surface area contributed by atoms with Gasteiger partial charge in [0.2, 0.25) is 10.0 Å². The molecule has 0 fully saturated rings. The minimum Gasteiger partial charge on any atom is -0.334 e. The number of benzene rings is 2. The molecule has 3 aromatic rings. The highest BCUT2D eigenvalue weighted by Crippen LogP contribution is 2.20. The number of sulfonamides is 1. The van der Waals surface area contributed by atoms with Gasteiger partial charge in [-0.2, -0.15) is 0 Å². The molecule has 0 saturated heterocycles. The zero-order valence-corrected chi connectivity index (χ0v) is 17.0. The number of anilines is 1. The number of para-hydroxylation sites is 1. The van der Waals surface area contributed by atoms with Gasteiger partial charge in [-0.25, -0.2) is 18.4 Å². The van der Waals surface area contributed by atoms with Crippen LogP contribution in [0.4, 0.5) is 5.69 Å². The van der Waals surface area contributed by atoms with Gasteiger partial charge in [-0.3, -0.25) is 9.52 Å². The Balaban J connectivity index is 1.84. The Morgan fingerprint density at radius 2 is 1.82 bits per heavy atom. The van der Waals surface area contributed by atoms with Gasteiger partial charge in [0.25, 0.3) is 5.91 Å². The molecule has 1 N–H and O–H groups in total. The van der Waals surface area contributed by atoms with Crippen molar-refractivity contribution in [1.29, 1.82) is 0 Å². The first kappa shape index (κ1) is 19.8. The first-order valence-electron chi connectivity index (χ1n) is 8.70. The molecule has 0 unspecified atom stereocenters. The van der Waals surface area contributed by atoms with Gasteiger partial charge in [0, 0.05) is 23.7 Å². The molecule has 0 radical (unpaired) electrons. The van der Waals surface area contributed by atoms with Crippen LogP contribution in [0.15, 0.2) is 42.5 Å². The summed E-state index contributed by atoms with van der Waals surface area (Å²) in [6, 6.07) is 12.7. The Hall–Kier alpha value is -3.00. The lowest BCUT2D eigenvalue weighted by atomic mass is 10.1. The molecule has 7 nitrogen and oxygen atoms in total. The van der Waals surface area contributed by atoms with E-state index in [0.717, 1.165) is 28.4 Å². The number of carbonyl (C=O) groups is 1. The highest BCUT2D eigenvalue weighted by atomic mass is 32.2. The van der Waals surface area contributed by atoms with Gasteiger partial charge in [-0.1, -0.05) is 24.3 Å². The fourth-order valence-electron chi connectivity index (χ4n) is 2.93. The lowest BCUT2D eigenvalue weighted by Gasteiger charge is -2.18. The number of hydrogen-bond donors (Lipinski definition) is 1. The van der Waals surface area contributed by atoms with Crippen molar-refractivity contribution in [1.82, 2.24) is 14.9 Å². The SMILES string of the molecule is Cc1ccc(C(=O)N(C)Cc2nc(C)c3ccccc3n2)cc1NS(C)(=O)=O. The molecule has 1 heterocycles. The summed E-state index contributed by atoms with van der Waals surface area (Å²) in [5.74, 6) is 0.305. The molecule has 146 valence electrons. The summed E-state index contributed by atoms with van der Waals surface area (Å²) in [6.07, 6.45) is 1.08. The Bertz CT molecular complexity index is 1160. The highest BCUT2D eigenvalue weighted by molar-refractivity contribution is 7.92. The summed E-state index contributed by atoms with van der Waals surface area (Å²) in [5, 5.41) is 0.982. The molecular formula is C20H22N4O3S. The van der Waals surface area contributed by atoms with Crippen LogP contribution in [0.25, 0.3) is 10.9 Å². The van der Waals surface area contributed by atoms with Crippen LogP contribution in [0.5, 0.6) is 0 Å². The fourth-order valence-corrected chi connectivity index (χ4v) is 3.55. The second-order valence-electron chi connectivity index (χ2n) is 6.81. The molecule has 3 rings (SSSR count). The van der Waals surface area contributed by atoms with Crippen molar-refractivity contribution in [3.63, 3.8) is 0 Å². The zero-order chi connectivity index (χ0) is 20.5. The molecule has 28 heavy (non-hydrogen) atoms. The zero-order valence-electron chi connectivity index (χ0n) is 16.2. The minimum absolute atomic E-state index is 0.243. The predicted octanol–water partition coefficient (Wildman–Crippen LogP) is 2.89. The summed E-state index contributed by atoms with van der Waals surface area (Å²) in [6.45, 7) is 3.93. The van der Waals surface area contributed by atoms with Crippen LogP contribution in [0.1, 0.15) is 27.4 Å². The van der Waals surface area contributed by atoms with Crippen molar-refractivity contribution in [2.24, 2.45) is 0 Å². The van der Waals surface area contributed by atoms with Gasteiger partial charge < -0.3 is 4.90 Å². The molecule has 0 aliphatic heterocycles. The summed E-state index contributed by atoms with van der Waals surface area (Å²) in [4.78, 5) is 23.4. The third-order valence-electron chi connectivity index (χ3n) is 4.35. The molecule has 0 spiro atoms. The summed E-state index contributed by atoms with van der Waals surface area (Å²) >= 11 is 0. The van der Waals surface area contributed by atoms with E-state index in [0.29, 0.717) is 17.1 Å². The second-order valence-corrected chi connectivity index (χ2v) is 8.56. The lowest BCUT2D eigenvalue weighted by Crippen LogP contribution is -2.27. The van der Waals surface area contributed by atoms with Crippen molar-refractivity contribution >= 4 is 32.5 Å². The van der Waals surface area contributed by atoms with E-state index in [2.05, 4.69) is 14.7 Å². The molecule has 0 aliphatic carbocycles. The number of hydrogen-bond acceptors (Lipinski definition) is 5. The Kier molecular flexibility index (Phi) is 5.33. The standard InChI is InChI=1S/C20H22N4O3S/c1-13-9-10-15(11-18(13)23-28(4,26)27)20(25)24(3)12-19-21-14(2)16-7-5-6-8-17(16)22-19/h5-11,23H,12H2,1-4H3. The largest absolute Gasteiger partial charge is 0.334 e. The molecule has 0 saturated carbocycles. The van der Waals surface area contributed by atoms with Crippen molar-refractivity contribution in [3.8, 4) is 0 Å². The van der Waals surface area contributed by atoms with Crippen molar-refractivity contribution in [2.75, 3.05) is 18.0 Å². The quantitative estimate of drug-likeness (QED) is 0.713. The van der Waals surface area contributed by atoms with E-state index >= 15 is 0 Å². The molecular weight excluding hydrogens is 376 g/mol. The molecule has 0 aliphatic rings. The van der Waals surface area contributed by atoms with Gasteiger partial charge >= 0.3 is 0 Å². The first-order valence-corrected chi connectivity index (χ1v) is 10.6. The van der Waals surface area contributed by atoms with Gasteiger partial charge in [0.15, 0.2) is 0 Å². The predicted molar refractivity (Wildman–Crippen MR) is 110 cm³/mol. The van der Waals surface area contributed by atoms with Gasteiger partial charge in [-0.15, -0.1) is 0 Å². The van der Waals surface area contributed by atoms with E-state index in [1.165, 1.54) is 4.90 Å². The summed E-state index contributed by atoms with van der Waals surface area (Å²) in [7, 11) is -1.76. The number of rotatable bonds is 5. The van der Waals surface area contributed by atoms with E-state index in [4.69, 9.17) is 0 Å².